The van der Waals surface area contributed by atoms with E-state index in [4.69, 9.17) is 0 Å². The normalized spacial score (nSPS) is 6.80. The molecule has 0 aromatic heterocycles. The maximum Gasteiger partial charge on any atom is 0.268 e. The maximum absolute atomic E-state index is 11.2. The molecule has 1 heteroatoms. The van der Waals surface area contributed by atoms with Crippen molar-refractivity contribution in [1.29, 1.82) is 0 Å². The molecule has 0 aliphatic rings. The first-order valence-electron chi connectivity index (χ1n) is 1.41. The lowest BCUT2D eigenvalue weighted by atomic mass is 10.5. The largest absolute Gasteiger partial charge is 0.268 e. The van der Waals surface area contributed by atoms with Crippen LogP contribution in [-0.4, -0.2) is 0 Å². The van der Waals surface area contributed by atoms with Crippen LogP contribution in [0, 0.1) is 6.42 Å². The van der Waals surface area contributed by atoms with Crippen LogP contribution in [0.25, 0.3) is 0 Å². The van der Waals surface area contributed by atoms with Crippen LogP contribution in [0.3, 0.4) is 0 Å². The summed E-state index contributed by atoms with van der Waals surface area (Å²) in [5.41, 5.74) is 0. The van der Waals surface area contributed by atoms with Crippen molar-refractivity contribution in [2.45, 2.75) is 6.92 Å². The molecule has 0 aliphatic heterocycles. The molecule has 0 saturated heterocycles. The quantitative estimate of drug-likeness (QED) is 0.414. The molecular weight excluding hydrogens is 67.0 g/mol. The highest BCUT2D eigenvalue weighted by Crippen LogP contribution is 1.91. The number of allylic oxidation sites excluding steroid dienone is 1. The van der Waals surface area contributed by atoms with Crippen molar-refractivity contribution in [1.82, 2.24) is 0 Å². The molecule has 0 aromatic rings. The second kappa shape index (κ2) is 1.82. The van der Waals surface area contributed by atoms with Crippen molar-refractivity contribution < 1.29 is 4.39 Å². The second-order valence-electron chi connectivity index (χ2n) is 0.736. The lowest BCUT2D eigenvalue weighted by molar-refractivity contribution is 0.653. The van der Waals surface area contributed by atoms with Gasteiger partial charge in [-0.05, 0) is 0 Å². The predicted molar refractivity (Wildman–Crippen MR) is 20.2 cm³/mol. The van der Waals surface area contributed by atoms with E-state index in [-0.39, 0.29) is 5.83 Å². The average Bonchev–Trinajstić information content (AvgIpc) is 1.38. The number of hydrogen-bond acceptors (Lipinski definition) is 0. The fourth-order valence-corrected chi connectivity index (χ4v) is 0. The molecule has 0 rings (SSSR count). The van der Waals surface area contributed by atoms with Crippen molar-refractivity contribution >= 4 is 0 Å². The first-order chi connectivity index (χ1) is 2.27. The molecule has 0 N–H and O–H groups in total. The van der Waals surface area contributed by atoms with Crippen LogP contribution in [0.15, 0.2) is 12.4 Å². The van der Waals surface area contributed by atoms with E-state index in [1.165, 1.54) is 6.42 Å². The Morgan fingerprint density at radius 1 is 2.00 bits per heavy atom. The molecule has 0 bridgehead atoms. The Hall–Kier alpha value is -0.460. The molecule has 0 nitrogen and oxygen atoms in total. The van der Waals surface area contributed by atoms with Crippen molar-refractivity contribution in [2.24, 2.45) is 0 Å². The van der Waals surface area contributed by atoms with Gasteiger partial charge in [0.2, 0.25) is 0 Å². The Bertz CT molecular complexity index is 38.9. The lowest BCUT2D eigenvalue weighted by Gasteiger charge is -1.62. The van der Waals surface area contributed by atoms with Gasteiger partial charge >= 0.3 is 0 Å². The minimum absolute atomic E-state index is 0.370. The molecule has 5 heavy (non-hydrogen) atoms. The van der Waals surface area contributed by atoms with E-state index in [1.54, 1.807) is 6.92 Å². The zero-order valence-corrected chi connectivity index (χ0v) is 3.16. The Morgan fingerprint density at radius 3 is 2.20 bits per heavy atom. The van der Waals surface area contributed by atoms with Crippen LogP contribution in [0.2, 0.25) is 0 Å². The topological polar surface area (TPSA) is 0 Å². The Kier molecular flexibility index (Phi) is 1.65. The van der Waals surface area contributed by atoms with Gasteiger partial charge in [0.05, 0.1) is 13.0 Å². The molecule has 0 aliphatic carbocycles. The fourth-order valence-electron chi connectivity index (χ4n) is 0. The third-order valence-corrected chi connectivity index (χ3v) is 0.313. The smallest absolute Gasteiger partial charge is 0.160 e. The standard InChI is InChI=1S/C4H6F/c1-3-4(2)5/h3H,2H2,1H3/q+1. The summed E-state index contributed by atoms with van der Waals surface area (Å²) in [6.45, 7) is 4.55. The van der Waals surface area contributed by atoms with Crippen LogP contribution in [0.1, 0.15) is 6.92 Å². The average molecular weight is 73.1 g/mol. The van der Waals surface area contributed by atoms with Crippen molar-refractivity contribution in [3.63, 3.8) is 0 Å². The molecular formula is C4H6F+. The van der Waals surface area contributed by atoms with E-state index in [2.05, 4.69) is 6.58 Å². The highest BCUT2D eigenvalue weighted by atomic mass is 19.1. The first kappa shape index (κ1) is 4.54. The molecule has 0 unspecified atom stereocenters. The number of halogens is 1. The Labute approximate surface area is 31.3 Å². The summed E-state index contributed by atoms with van der Waals surface area (Å²) in [7, 11) is 0. The first-order valence-corrected chi connectivity index (χ1v) is 1.41. The molecule has 28 valence electrons. The number of hydrogen-bond donors (Lipinski definition) is 0. The summed E-state index contributed by atoms with van der Waals surface area (Å²) in [5.74, 6) is -0.370. The summed E-state index contributed by atoms with van der Waals surface area (Å²) in [6, 6.07) is 0. The van der Waals surface area contributed by atoms with Gasteiger partial charge in [-0.15, -0.1) is 0 Å². The molecule has 0 spiro atoms. The minimum Gasteiger partial charge on any atom is -0.160 e. The van der Waals surface area contributed by atoms with Gasteiger partial charge < -0.3 is 0 Å². The lowest BCUT2D eigenvalue weighted by Crippen LogP contribution is -1.57. The van der Waals surface area contributed by atoms with E-state index in [9.17, 15) is 4.39 Å². The van der Waals surface area contributed by atoms with E-state index in [0.29, 0.717) is 0 Å². The maximum atomic E-state index is 11.2. The van der Waals surface area contributed by atoms with Crippen molar-refractivity contribution in [2.75, 3.05) is 0 Å². The molecule has 0 fully saturated rings. The van der Waals surface area contributed by atoms with Gasteiger partial charge in [-0.25, -0.2) is 0 Å². The van der Waals surface area contributed by atoms with E-state index in [1.807, 2.05) is 0 Å². The molecule has 0 amide bonds. The van der Waals surface area contributed by atoms with Gasteiger partial charge in [-0.3, -0.25) is 0 Å². The van der Waals surface area contributed by atoms with E-state index < -0.39 is 0 Å². The van der Waals surface area contributed by atoms with E-state index in [0.717, 1.165) is 0 Å². The molecule has 0 radical (unpaired) electrons. The van der Waals surface area contributed by atoms with E-state index >= 15 is 0 Å². The van der Waals surface area contributed by atoms with Crippen LogP contribution in [0.5, 0.6) is 0 Å². The molecule has 0 heterocycles. The van der Waals surface area contributed by atoms with Gasteiger partial charge in [0.1, 0.15) is 0 Å². The van der Waals surface area contributed by atoms with Crippen LogP contribution < -0.4 is 0 Å². The molecule has 0 saturated carbocycles. The Morgan fingerprint density at radius 2 is 2.20 bits per heavy atom. The zero-order chi connectivity index (χ0) is 4.28. The SMILES string of the molecule is C=C(F)[CH+]C. The predicted octanol–water partition coefficient (Wildman–Crippen LogP) is 1.69. The zero-order valence-electron chi connectivity index (χ0n) is 3.16. The van der Waals surface area contributed by atoms with Crippen molar-refractivity contribution in [3.05, 3.63) is 18.8 Å². The van der Waals surface area contributed by atoms with Gasteiger partial charge in [-0.2, -0.15) is 4.39 Å². The van der Waals surface area contributed by atoms with Crippen LogP contribution in [0.4, 0.5) is 4.39 Å². The highest BCUT2D eigenvalue weighted by Gasteiger charge is 1.86. The molecule has 0 atom stereocenters. The van der Waals surface area contributed by atoms with Gasteiger partial charge in [0.15, 0.2) is 0 Å². The molecule has 0 aromatic carbocycles. The third-order valence-electron chi connectivity index (χ3n) is 0.313. The van der Waals surface area contributed by atoms with Crippen LogP contribution >= 0.6 is 0 Å². The summed E-state index contributed by atoms with van der Waals surface area (Å²) in [4.78, 5) is 0. The summed E-state index contributed by atoms with van der Waals surface area (Å²) < 4.78 is 11.2. The summed E-state index contributed by atoms with van der Waals surface area (Å²) in [6.07, 6.45) is 1.31. The van der Waals surface area contributed by atoms with Gasteiger partial charge in [-0.1, -0.05) is 0 Å². The van der Waals surface area contributed by atoms with Gasteiger partial charge in [0, 0.05) is 6.92 Å². The fraction of sp³-hybridized carbons (Fsp3) is 0.250. The summed E-state index contributed by atoms with van der Waals surface area (Å²) in [5, 5.41) is 0. The third kappa shape index (κ3) is 3.54. The van der Waals surface area contributed by atoms with Crippen molar-refractivity contribution in [3.8, 4) is 0 Å². The highest BCUT2D eigenvalue weighted by molar-refractivity contribution is 4.92. The summed E-state index contributed by atoms with van der Waals surface area (Å²) >= 11 is 0. The monoisotopic (exact) mass is 73.0 g/mol. The minimum atomic E-state index is -0.370. The second-order valence-corrected chi connectivity index (χ2v) is 0.736. The van der Waals surface area contributed by atoms with Crippen LogP contribution in [-0.2, 0) is 0 Å². The number of rotatable bonds is 1. The van der Waals surface area contributed by atoms with Gasteiger partial charge in [0.25, 0.3) is 5.83 Å². The Balaban J connectivity index is 2.85.